The lowest BCUT2D eigenvalue weighted by Gasteiger charge is -2.32. The quantitative estimate of drug-likeness (QED) is 0.843. The molecule has 1 saturated heterocycles. The molecular formula is C16H16BrN3O2. The summed E-state index contributed by atoms with van der Waals surface area (Å²) in [4.78, 5) is 22.3. The van der Waals surface area contributed by atoms with E-state index in [1.165, 1.54) is 6.33 Å². The van der Waals surface area contributed by atoms with E-state index in [-0.39, 0.29) is 12.0 Å². The van der Waals surface area contributed by atoms with Crippen LogP contribution in [0.2, 0.25) is 0 Å². The van der Waals surface area contributed by atoms with Gasteiger partial charge in [-0.1, -0.05) is 15.9 Å². The van der Waals surface area contributed by atoms with Crippen LogP contribution >= 0.6 is 15.9 Å². The van der Waals surface area contributed by atoms with Crippen molar-refractivity contribution in [1.82, 2.24) is 14.9 Å². The van der Waals surface area contributed by atoms with Crippen LogP contribution in [0, 0.1) is 0 Å². The molecule has 22 heavy (non-hydrogen) atoms. The lowest BCUT2D eigenvalue weighted by Crippen LogP contribution is -2.44. The number of carbonyl (C=O) groups is 1. The van der Waals surface area contributed by atoms with Crippen molar-refractivity contribution in [2.45, 2.75) is 18.9 Å². The molecule has 1 aromatic carbocycles. The maximum absolute atomic E-state index is 12.5. The van der Waals surface area contributed by atoms with Crippen molar-refractivity contribution in [1.29, 1.82) is 0 Å². The van der Waals surface area contributed by atoms with Gasteiger partial charge in [0.25, 0.3) is 5.91 Å². The van der Waals surface area contributed by atoms with Crippen molar-refractivity contribution in [3.05, 3.63) is 52.9 Å². The molecule has 5 nitrogen and oxygen atoms in total. The molecular weight excluding hydrogens is 346 g/mol. The van der Waals surface area contributed by atoms with Crippen LogP contribution in [0.15, 0.2) is 47.3 Å². The van der Waals surface area contributed by atoms with Crippen molar-refractivity contribution in [3.63, 3.8) is 0 Å². The van der Waals surface area contributed by atoms with Crippen LogP contribution < -0.4 is 4.74 Å². The first kappa shape index (κ1) is 15.0. The topological polar surface area (TPSA) is 55.3 Å². The number of likely N-dealkylation sites (tertiary alicyclic amines) is 1. The van der Waals surface area contributed by atoms with E-state index in [4.69, 9.17) is 4.74 Å². The van der Waals surface area contributed by atoms with Crippen LogP contribution in [0.4, 0.5) is 0 Å². The Hall–Kier alpha value is -1.95. The first-order valence-corrected chi connectivity index (χ1v) is 7.99. The molecule has 1 aromatic heterocycles. The second-order valence-corrected chi connectivity index (χ2v) is 6.10. The van der Waals surface area contributed by atoms with Gasteiger partial charge in [-0.25, -0.2) is 9.97 Å². The van der Waals surface area contributed by atoms with Gasteiger partial charge in [-0.3, -0.25) is 4.79 Å². The van der Waals surface area contributed by atoms with E-state index >= 15 is 0 Å². The molecule has 0 radical (unpaired) electrons. The van der Waals surface area contributed by atoms with E-state index in [0.717, 1.165) is 23.9 Å². The van der Waals surface area contributed by atoms with E-state index < -0.39 is 0 Å². The van der Waals surface area contributed by atoms with E-state index in [2.05, 4.69) is 25.9 Å². The Morgan fingerprint density at radius 3 is 2.82 bits per heavy atom. The molecule has 0 bridgehead atoms. The summed E-state index contributed by atoms with van der Waals surface area (Å²) in [5, 5.41) is 0. The monoisotopic (exact) mass is 361 g/mol. The fraction of sp³-hybridized carbons (Fsp3) is 0.312. The number of amides is 1. The predicted octanol–water partition coefficient (Wildman–Crippen LogP) is 2.92. The average Bonchev–Trinajstić information content (AvgIpc) is 2.56. The highest BCUT2D eigenvalue weighted by Gasteiger charge is 2.25. The van der Waals surface area contributed by atoms with E-state index in [1.54, 1.807) is 12.3 Å². The Bertz CT molecular complexity index is 634. The van der Waals surface area contributed by atoms with Gasteiger partial charge in [0.2, 0.25) is 5.88 Å². The molecule has 0 N–H and O–H groups in total. The van der Waals surface area contributed by atoms with Crippen LogP contribution in [-0.4, -0.2) is 40.0 Å². The second-order valence-electron chi connectivity index (χ2n) is 5.19. The fourth-order valence-electron chi connectivity index (χ4n) is 2.51. The molecule has 1 atom stereocenters. The van der Waals surface area contributed by atoms with Crippen molar-refractivity contribution >= 4 is 21.8 Å². The van der Waals surface area contributed by atoms with Gasteiger partial charge in [-0.15, -0.1) is 0 Å². The number of benzene rings is 1. The molecule has 0 aliphatic carbocycles. The Balaban J connectivity index is 1.65. The number of hydrogen-bond donors (Lipinski definition) is 0. The third kappa shape index (κ3) is 3.62. The summed E-state index contributed by atoms with van der Waals surface area (Å²) in [5.41, 5.74) is 0.700. The molecule has 1 unspecified atom stereocenters. The molecule has 2 aromatic rings. The summed E-state index contributed by atoms with van der Waals surface area (Å²) in [6.45, 7) is 1.34. The van der Waals surface area contributed by atoms with Crippen LogP contribution in [0.3, 0.4) is 0 Å². The van der Waals surface area contributed by atoms with E-state index in [0.29, 0.717) is 18.0 Å². The molecule has 6 heteroatoms. The van der Waals surface area contributed by atoms with Gasteiger partial charge in [-0.2, -0.15) is 0 Å². The zero-order valence-electron chi connectivity index (χ0n) is 12.0. The van der Waals surface area contributed by atoms with Gasteiger partial charge < -0.3 is 9.64 Å². The molecule has 1 aliphatic rings. The SMILES string of the molecule is O=C(c1ccc(Br)cc1)N1CCCC(Oc2ccncn2)C1. The highest BCUT2D eigenvalue weighted by molar-refractivity contribution is 9.10. The Labute approximate surface area is 137 Å². The molecule has 0 saturated carbocycles. The minimum atomic E-state index is -0.0250. The summed E-state index contributed by atoms with van der Waals surface area (Å²) in [6, 6.07) is 9.16. The van der Waals surface area contributed by atoms with Gasteiger partial charge in [0, 0.05) is 28.8 Å². The lowest BCUT2D eigenvalue weighted by atomic mass is 10.1. The summed E-state index contributed by atoms with van der Waals surface area (Å²) in [7, 11) is 0. The Kier molecular flexibility index (Phi) is 4.68. The molecule has 0 spiro atoms. The van der Waals surface area contributed by atoms with Gasteiger partial charge in [0.1, 0.15) is 12.4 Å². The van der Waals surface area contributed by atoms with Gasteiger partial charge in [0.15, 0.2) is 0 Å². The van der Waals surface area contributed by atoms with Crippen molar-refractivity contribution in [2.75, 3.05) is 13.1 Å². The van der Waals surface area contributed by atoms with Crippen molar-refractivity contribution in [3.8, 4) is 5.88 Å². The first-order chi connectivity index (χ1) is 10.7. The summed E-state index contributed by atoms with van der Waals surface area (Å²) in [6.07, 6.45) is 4.94. The third-order valence-corrected chi connectivity index (χ3v) is 4.13. The third-order valence-electron chi connectivity index (χ3n) is 3.60. The molecule has 1 amide bonds. The van der Waals surface area contributed by atoms with Gasteiger partial charge in [-0.05, 0) is 37.1 Å². The normalized spacial score (nSPS) is 18.0. The summed E-state index contributed by atoms with van der Waals surface area (Å²) < 4.78 is 6.80. The van der Waals surface area contributed by atoms with Crippen LogP contribution in [-0.2, 0) is 0 Å². The summed E-state index contributed by atoms with van der Waals surface area (Å²) >= 11 is 3.38. The zero-order chi connectivity index (χ0) is 15.4. The van der Waals surface area contributed by atoms with Gasteiger partial charge >= 0.3 is 0 Å². The fourth-order valence-corrected chi connectivity index (χ4v) is 2.78. The van der Waals surface area contributed by atoms with Crippen molar-refractivity contribution in [2.24, 2.45) is 0 Å². The number of carbonyl (C=O) groups excluding carboxylic acids is 1. The molecule has 3 rings (SSSR count). The highest BCUT2D eigenvalue weighted by Crippen LogP contribution is 2.19. The van der Waals surface area contributed by atoms with E-state index in [9.17, 15) is 4.79 Å². The molecule has 2 heterocycles. The predicted molar refractivity (Wildman–Crippen MR) is 85.7 cm³/mol. The second kappa shape index (κ2) is 6.87. The zero-order valence-corrected chi connectivity index (χ0v) is 13.6. The number of halogens is 1. The molecule has 1 fully saturated rings. The van der Waals surface area contributed by atoms with Crippen LogP contribution in [0.25, 0.3) is 0 Å². The largest absolute Gasteiger partial charge is 0.472 e. The van der Waals surface area contributed by atoms with Crippen LogP contribution in [0.5, 0.6) is 5.88 Å². The maximum atomic E-state index is 12.5. The number of hydrogen-bond acceptors (Lipinski definition) is 4. The van der Waals surface area contributed by atoms with Crippen molar-refractivity contribution < 1.29 is 9.53 Å². The number of aromatic nitrogens is 2. The average molecular weight is 362 g/mol. The smallest absolute Gasteiger partial charge is 0.253 e. The Morgan fingerprint density at radius 2 is 2.09 bits per heavy atom. The standard InChI is InChI=1S/C16H16BrN3O2/c17-13-5-3-12(4-6-13)16(21)20-9-1-2-14(10-20)22-15-7-8-18-11-19-15/h3-8,11,14H,1-2,9-10H2. The molecule has 1 aliphatic heterocycles. The number of nitrogens with zero attached hydrogens (tertiary/aromatic N) is 3. The Morgan fingerprint density at radius 1 is 1.27 bits per heavy atom. The van der Waals surface area contributed by atoms with E-state index in [1.807, 2.05) is 29.2 Å². The maximum Gasteiger partial charge on any atom is 0.253 e. The summed E-state index contributed by atoms with van der Waals surface area (Å²) in [5.74, 6) is 0.599. The highest BCUT2D eigenvalue weighted by atomic mass is 79.9. The first-order valence-electron chi connectivity index (χ1n) is 7.20. The lowest BCUT2D eigenvalue weighted by molar-refractivity contribution is 0.0527. The van der Waals surface area contributed by atoms with Crippen LogP contribution in [0.1, 0.15) is 23.2 Å². The number of ether oxygens (including phenoxy) is 1. The minimum absolute atomic E-state index is 0.0250. The molecule has 114 valence electrons. The van der Waals surface area contributed by atoms with Gasteiger partial charge in [0.05, 0.1) is 6.54 Å². The minimum Gasteiger partial charge on any atom is -0.472 e. The number of rotatable bonds is 3. The number of piperidine rings is 1.